The highest BCUT2D eigenvalue weighted by atomic mass is 32.1. The number of rotatable bonds is 6. The van der Waals surface area contributed by atoms with E-state index in [2.05, 4.69) is 15.3 Å². The van der Waals surface area contributed by atoms with Gasteiger partial charge >= 0.3 is 0 Å². The summed E-state index contributed by atoms with van der Waals surface area (Å²) in [6.45, 7) is 2.51. The SMILES string of the molecule is CCOc1ccc(-c2n[nH]c(=S)n2/N=C/c2cccc([N+](=O)[O-])c2)cc1. The third-order valence-electron chi connectivity index (χ3n) is 3.48. The van der Waals surface area contributed by atoms with Crippen LogP contribution in [0.5, 0.6) is 5.75 Å². The number of nitro benzene ring substituents is 1. The van der Waals surface area contributed by atoms with Crippen LogP contribution in [-0.4, -0.2) is 32.6 Å². The van der Waals surface area contributed by atoms with Crippen molar-refractivity contribution in [3.8, 4) is 17.1 Å². The minimum atomic E-state index is -0.452. The van der Waals surface area contributed by atoms with E-state index in [4.69, 9.17) is 17.0 Å². The number of nitrogens with one attached hydrogen (secondary N) is 1. The van der Waals surface area contributed by atoms with Crippen molar-refractivity contribution < 1.29 is 9.66 Å². The molecule has 0 amide bonds. The Labute approximate surface area is 153 Å². The highest BCUT2D eigenvalue weighted by Gasteiger charge is 2.09. The van der Waals surface area contributed by atoms with Gasteiger partial charge in [0, 0.05) is 23.3 Å². The molecule has 0 bridgehead atoms. The molecular formula is C17H15N5O3S. The van der Waals surface area contributed by atoms with Crippen LogP contribution in [0.1, 0.15) is 12.5 Å². The summed E-state index contributed by atoms with van der Waals surface area (Å²) in [7, 11) is 0. The maximum Gasteiger partial charge on any atom is 0.270 e. The molecule has 0 radical (unpaired) electrons. The van der Waals surface area contributed by atoms with E-state index in [0.29, 0.717) is 22.8 Å². The van der Waals surface area contributed by atoms with Gasteiger partial charge in [0.2, 0.25) is 4.77 Å². The smallest absolute Gasteiger partial charge is 0.270 e. The van der Waals surface area contributed by atoms with Crippen LogP contribution < -0.4 is 4.74 Å². The molecule has 8 nitrogen and oxygen atoms in total. The van der Waals surface area contributed by atoms with E-state index >= 15 is 0 Å². The van der Waals surface area contributed by atoms with Gasteiger partial charge in [0.05, 0.1) is 17.7 Å². The summed E-state index contributed by atoms with van der Waals surface area (Å²) in [4.78, 5) is 10.4. The topological polar surface area (TPSA) is 98.3 Å². The van der Waals surface area contributed by atoms with Gasteiger partial charge in [-0.3, -0.25) is 10.1 Å². The van der Waals surface area contributed by atoms with Crippen molar-refractivity contribution in [1.82, 2.24) is 14.9 Å². The lowest BCUT2D eigenvalue weighted by molar-refractivity contribution is -0.384. The third-order valence-corrected chi connectivity index (χ3v) is 3.74. The number of benzene rings is 2. The van der Waals surface area contributed by atoms with Crippen molar-refractivity contribution in [2.75, 3.05) is 6.61 Å². The summed E-state index contributed by atoms with van der Waals surface area (Å²) in [5.41, 5.74) is 1.38. The second-order valence-corrected chi connectivity index (χ2v) is 5.60. The zero-order valence-corrected chi connectivity index (χ0v) is 14.6. The van der Waals surface area contributed by atoms with Crippen LogP contribution in [0.2, 0.25) is 0 Å². The molecule has 2 aromatic carbocycles. The van der Waals surface area contributed by atoms with E-state index < -0.39 is 4.92 Å². The average molecular weight is 369 g/mol. The minimum Gasteiger partial charge on any atom is -0.494 e. The highest BCUT2D eigenvalue weighted by molar-refractivity contribution is 7.71. The zero-order chi connectivity index (χ0) is 18.5. The number of hydrogen-bond donors (Lipinski definition) is 1. The number of aromatic nitrogens is 3. The number of hydrogen-bond acceptors (Lipinski definition) is 6. The van der Waals surface area contributed by atoms with Crippen LogP contribution in [-0.2, 0) is 0 Å². The Balaban J connectivity index is 1.92. The van der Waals surface area contributed by atoms with Gasteiger partial charge in [0.15, 0.2) is 5.82 Å². The normalized spacial score (nSPS) is 11.0. The summed E-state index contributed by atoms with van der Waals surface area (Å²) in [6, 6.07) is 13.6. The quantitative estimate of drug-likeness (QED) is 0.308. The molecule has 0 saturated carbocycles. The minimum absolute atomic E-state index is 0.00326. The zero-order valence-electron chi connectivity index (χ0n) is 13.8. The van der Waals surface area contributed by atoms with Crippen molar-refractivity contribution in [3.63, 3.8) is 0 Å². The molecule has 3 rings (SSSR count). The van der Waals surface area contributed by atoms with E-state index in [1.807, 2.05) is 31.2 Å². The first-order valence-corrected chi connectivity index (χ1v) is 8.19. The fourth-order valence-corrected chi connectivity index (χ4v) is 2.47. The fraction of sp³-hybridized carbons (Fsp3) is 0.118. The molecule has 0 fully saturated rings. The second kappa shape index (κ2) is 7.70. The number of H-pyrrole nitrogens is 1. The van der Waals surface area contributed by atoms with Crippen LogP contribution in [0.4, 0.5) is 5.69 Å². The van der Waals surface area contributed by atoms with Crippen molar-refractivity contribution in [1.29, 1.82) is 0 Å². The van der Waals surface area contributed by atoms with Crippen LogP contribution in [0.3, 0.4) is 0 Å². The van der Waals surface area contributed by atoms with E-state index in [9.17, 15) is 10.1 Å². The molecule has 3 aromatic rings. The Hall–Kier alpha value is -3.33. The summed E-state index contributed by atoms with van der Waals surface area (Å²) < 4.78 is 7.21. The Bertz CT molecular complexity index is 1010. The van der Waals surface area contributed by atoms with Crippen LogP contribution >= 0.6 is 12.2 Å². The lowest BCUT2D eigenvalue weighted by atomic mass is 10.2. The molecule has 9 heteroatoms. The predicted molar refractivity (Wildman–Crippen MR) is 100 cm³/mol. The molecule has 0 unspecified atom stereocenters. The lowest BCUT2D eigenvalue weighted by Crippen LogP contribution is -1.96. The first kappa shape index (κ1) is 17.5. The molecular weight excluding hydrogens is 354 g/mol. The number of nitro groups is 1. The third kappa shape index (κ3) is 3.83. The number of aromatic amines is 1. The molecule has 0 aliphatic rings. The van der Waals surface area contributed by atoms with Crippen molar-refractivity contribution >= 4 is 24.1 Å². The summed E-state index contributed by atoms with van der Waals surface area (Å²) in [5.74, 6) is 1.29. The Kier molecular flexibility index (Phi) is 5.18. The maximum atomic E-state index is 10.9. The average Bonchev–Trinajstić information content (AvgIpc) is 3.02. The van der Waals surface area contributed by atoms with Gasteiger partial charge in [-0.1, -0.05) is 12.1 Å². The van der Waals surface area contributed by atoms with E-state index in [0.717, 1.165) is 11.3 Å². The Morgan fingerprint density at radius 3 is 2.81 bits per heavy atom. The summed E-state index contributed by atoms with van der Waals surface area (Å²) >= 11 is 5.22. The molecule has 0 aliphatic carbocycles. The van der Waals surface area contributed by atoms with Crippen molar-refractivity contribution in [2.45, 2.75) is 6.92 Å². The molecule has 1 N–H and O–H groups in total. The lowest BCUT2D eigenvalue weighted by Gasteiger charge is -2.04. The van der Waals surface area contributed by atoms with Crippen molar-refractivity contribution in [2.24, 2.45) is 5.10 Å². The molecule has 0 aliphatic heterocycles. The fourth-order valence-electron chi connectivity index (χ4n) is 2.30. The van der Waals surface area contributed by atoms with Gasteiger partial charge < -0.3 is 4.74 Å². The standard InChI is InChI=1S/C17H15N5O3S/c1-2-25-15-8-6-13(7-9-15)16-19-20-17(26)21(16)18-11-12-4-3-5-14(10-12)22(23)24/h3-11H,2H2,1H3,(H,20,26)/b18-11+. The molecule has 1 heterocycles. The highest BCUT2D eigenvalue weighted by Crippen LogP contribution is 2.21. The molecule has 26 heavy (non-hydrogen) atoms. The van der Waals surface area contributed by atoms with Gasteiger partial charge in [-0.25, -0.2) is 5.10 Å². The predicted octanol–water partition coefficient (Wildman–Crippen LogP) is 3.80. The number of nitrogens with zero attached hydrogens (tertiary/aromatic N) is 4. The monoisotopic (exact) mass is 369 g/mol. The molecule has 0 atom stereocenters. The van der Waals surface area contributed by atoms with Gasteiger partial charge in [-0.2, -0.15) is 14.9 Å². The van der Waals surface area contributed by atoms with Crippen LogP contribution in [0, 0.1) is 14.9 Å². The first-order chi connectivity index (χ1) is 12.6. The van der Waals surface area contributed by atoms with Gasteiger partial charge in [0.1, 0.15) is 5.75 Å². The number of non-ortho nitro benzene ring substituents is 1. The van der Waals surface area contributed by atoms with Crippen LogP contribution in [0.15, 0.2) is 53.6 Å². The van der Waals surface area contributed by atoms with Gasteiger partial charge in [-0.05, 0) is 43.4 Å². The Morgan fingerprint density at radius 2 is 2.12 bits per heavy atom. The second-order valence-electron chi connectivity index (χ2n) is 5.22. The van der Waals surface area contributed by atoms with Gasteiger partial charge in [0.25, 0.3) is 5.69 Å². The van der Waals surface area contributed by atoms with E-state index in [1.54, 1.807) is 12.1 Å². The van der Waals surface area contributed by atoms with E-state index in [1.165, 1.54) is 23.0 Å². The largest absolute Gasteiger partial charge is 0.494 e. The van der Waals surface area contributed by atoms with Gasteiger partial charge in [-0.15, -0.1) is 0 Å². The molecule has 1 aromatic heterocycles. The molecule has 132 valence electrons. The van der Waals surface area contributed by atoms with Crippen molar-refractivity contribution in [3.05, 3.63) is 69.0 Å². The van der Waals surface area contributed by atoms with E-state index in [-0.39, 0.29) is 5.69 Å². The molecule has 0 spiro atoms. The van der Waals surface area contributed by atoms with Crippen LogP contribution in [0.25, 0.3) is 11.4 Å². The molecule has 0 saturated heterocycles. The maximum absolute atomic E-state index is 10.9. The number of ether oxygens (including phenoxy) is 1. The first-order valence-electron chi connectivity index (χ1n) is 7.78. The summed E-state index contributed by atoms with van der Waals surface area (Å²) in [6.07, 6.45) is 1.50. The Morgan fingerprint density at radius 1 is 1.35 bits per heavy atom. The summed E-state index contributed by atoms with van der Waals surface area (Å²) in [5, 5.41) is 22.1.